The Balaban J connectivity index is 0.702. The zero-order valence-corrected chi connectivity index (χ0v) is 35.4. The molecule has 4 aromatic rings. The van der Waals surface area contributed by atoms with Crippen LogP contribution in [0.5, 0.6) is 5.75 Å². The molecule has 3 saturated heterocycles. The molecule has 4 aliphatic heterocycles. The second-order valence-electron chi connectivity index (χ2n) is 17.6. The summed E-state index contributed by atoms with van der Waals surface area (Å²) < 4.78 is 20.4. The fourth-order valence-corrected chi connectivity index (χ4v) is 10.1. The van der Waals surface area contributed by atoms with E-state index in [1.165, 1.54) is 6.07 Å². The lowest BCUT2D eigenvalue weighted by molar-refractivity contribution is -0.136. The van der Waals surface area contributed by atoms with Crippen LogP contribution in [0, 0.1) is 17.7 Å². The van der Waals surface area contributed by atoms with Gasteiger partial charge >= 0.3 is 0 Å². The van der Waals surface area contributed by atoms with Crippen LogP contribution in [-0.2, 0) is 19.2 Å². The molecule has 3 aromatic carbocycles. The Morgan fingerprint density at radius 1 is 0.841 bits per heavy atom. The number of piperidine rings is 2. The van der Waals surface area contributed by atoms with Crippen molar-refractivity contribution in [3.8, 4) is 5.75 Å². The Labute approximate surface area is 365 Å². The lowest BCUT2D eigenvalue weighted by atomic mass is 9.73. The van der Waals surface area contributed by atoms with Crippen molar-refractivity contribution in [3.63, 3.8) is 0 Å². The van der Waals surface area contributed by atoms with Crippen molar-refractivity contribution in [1.29, 1.82) is 0 Å². The van der Waals surface area contributed by atoms with Crippen LogP contribution in [0.3, 0.4) is 0 Å². The lowest BCUT2D eigenvalue weighted by Crippen LogP contribution is -2.54. The van der Waals surface area contributed by atoms with Gasteiger partial charge < -0.3 is 19.9 Å². The first kappa shape index (κ1) is 42.1. The molecule has 1 unspecified atom stereocenters. The van der Waals surface area contributed by atoms with Gasteiger partial charge in [-0.25, -0.2) is 4.39 Å². The summed E-state index contributed by atoms with van der Waals surface area (Å²) in [5.41, 5.74) is 3.91. The van der Waals surface area contributed by atoms with Crippen molar-refractivity contribution >= 4 is 57.7 Å². The summed E-state index contributed by atoms with van der Waals surface area (Å²) >= 11 is 0. The maximum atomic E-state index is 14.1. The number of nitrogens with zero attached hydrogens (tertiary/aromatic N) is 5. The number of fused-ring (bicyclic) bond motifs is 2. The number of hydrogen-bond acceptors (Lipinski definition) is 10. The summed E-state index contributed by atoms with van der Waals surface area (Å²) in [6.45, 7) is 6.05. The lowest BCUT2D eigenvalue weighted by Gasteiger charge is -2.38. The number of halogens is 1. The highest BCUT2D eigenvalue weighted by molar-refractivity contribution is 6.23. The zero-order chi connectivity index (χ0) is 43.8. The Bertz CT molecular complexity index is 2460. The number of rotatable bonds is 10. The van der Waals surface area contributed by atoms with Gasteiger partial charge in [0.2, 0.25) is 23.6 Å². The first-order valence-corrected chi connectivity index (χ1v) is 22.2. The molecule has 63 heavy (non-hydrogen) atoms. The van der Waals surface area contributed by atoms with E-state index in [1.807, 2.05) is 48.2 Å². The molecule has 5 aliphatic rings. The van der Waals surface area contributed by atoms with E-state index in [9.17, 15) is 33.2 Å². The number of ether oxygens (including phenoxy) is 1. The van der Waals surface area contributed by atoms with Gasteiger partial charge in [-0.05, 0) is 104 Å². The summed E-state index contributed by atoms with van der Waals surface area (Å²) in [4.78, 5) is 88.9. The van der Waals surface area contributed by atoms with Gasteiger partial charge in [-0.15, -0.1) is 0 Å². The molecule has 1 aromatic heterocycles. The van der Waals surface area contributed by atoms with Crippen molar-refractivity contribution in [3.05, 3.63) is 95.4 Å². The molecule has 1 saturated carbocycles. The van der Waals surface area contributed by atoms with E-state index in [0.717, 1.165) is 52.7 Å². The maximum absolute atomic E-state index is 14.1. The summed E-state index contributed by atoms with van der Waals surface area (Å²) in [6.07, 6.45) is 7.01. The van der Waals surface area contributed by atoms with Crippen LogP contribution in [-0.4, -0.2) is 113 Å². The Morgan fingerprint density at radius 2 is 1.60 bits per heavy atom. The number of amides is 6. The van der Waals surface area contributed by atoms with Crippen molar-refractivity contribution in [2.45, 2.75) is 76.4 Å². The SMILES string of the molecule is C[C@@H](C(=O)Nc1cccc(OC2CCN(C(=O)CN3CCN(c4ccc5c(c4)C(=O)N(C4CCC(=O)NC4=O)C5=O)CC3)CC2)c1)[C@H]1CC[C@@H](c2ccnc3ccc(F)cc32)CC1. The fraction of sp³-hybridized carbons (Fsp3) is 0.438. The van der Waals surface area contributed by atoms with Gasteiger partial charge in [-0.3, -0.25) is 48.9 Å². The molecule has 15 heteroatoms. The fourth-order valence-electron chi connectivity index (χ4n) is 10.1. The van der Waals surface area contributed by atoms with E-state index in [0.29, 0.717) is 76.0 Å². The van der Waals surface area contributed by atoms with E-state index in [2.05, 4.69) is 25.4 Å². The highest BCUT2D eigenvalue weighted by atomic mass is 19.1. The smallest absolute Gasteiger partial charge is 0.262 e. The molecule has 9 rings (SSSR count). The summed E-state index contributed by atoms with van der Waals surface area (Å²) in [6, 6.07) is 18.4. The third kappa shape index (κ3) is 8.88. The van der Waals surface area contributed by atoms with Crippen molar-refractivity contribution in [2.75, 3.05) is 56.0 Å². The van der Waals surface area contributed by atoms with Gasteiger partial charge in [-0.1, -0.05) is 13.0 Å². The number of likely N-dealkylation sites (tertiary alicyclic amines) is 1. The first-order chi connectivity index (χ1) is 30.5. The molecule has 5 heterocycles. The number of aromatic nitrogens is 1. The molecule has 1 aliphatic carbocycles. The van der Waals surface area contributed by atoms with Gasteiger partial charge in [-0.2, -0.15) is 0 Å². The maximum Gasteiger partial charge on any atom is 0.262 e. The van der Waals surface area contributed by atoms with Gasteiger partial charge in [0.1, 0.15) is 23.7 Å². The van der Waals surface area contributed by atoms with E-state index in [1.54, 1.807) is 30.5 Å². The summed E-state index contributed by atoms with van der Waals surface area (Å²) in [7, 11) is 0. The third-order valence-electron chi connectivity index (χ3n) is 13.8. The largest absolute Gasteiger partial charge is 0.490 e. The van der Waals surface area contributed by atoms with Gasteiger partial charge in [0, 0.05) is 93.5 Å². The Kier molecular flexibility index (Phi) is 11.9. The molecule has 0 bridgehead atoms. The number of hydrogen-bond donors (Lipinski definition) is 2. The highest BCUT2D eigenvalue weighted by Crippen LogP contribution is 2.41. The minimum atomic E-state index is -1.01. The number of piperazine rings is 1. The second kappa shape index (κ2) is 17.9. The van der Waals surface area contributed by atoms with Gasteiger partial charge in [0.05, 0.1) is 23.2 Å². The molecular weight excluding hydrogens is 806 g/mol. The minimum absolute atomic E-state index is 0.0160. The molecule has 4 fully saturated rings. The molecular formula is C48H52FN7O7. The normalized spacial score (nSPS) is 22.8. The molecule has 6 amide bonds. The monoisotopic (exact) mass is 857 g/mol. The number of carbonyl (C=O) groups excluding carboxylic acids is 6. The predicted molar refractivity (Wildman–Crippen MR) is 233 cm³/mol. The Morgan fingerprint density at radius 3 is 2.37 bits per heavy atom. The van der Waals surface area contributed by atoms with Crippen LogP contribution in [0.1, 0.15) is 90.5 Å². The number of pyridine rings is 1. The molecule has 2 N–H and O–H groups in total. The molecule has 14 nitrogen and oxygen atoms in total. The van der Waals surface area contributed by atoms with Crippen molar-refractivity contribution in [2.24, 2.45) is 11.8 Å². The quantitative estimate of drug-likeness (QED) is 0.195. The van der Waals surface area contributed by atoms with E-state index in [-0.39, 0.29) is 59.5 Å². The average Bonchev–Trinajstić information content (AvgIpc) is 3.54. The zero-order valence-electron chi connectivity index (χ0n) is 35.4. The van der Waals surface area contributed by atoms with E-state index in [4.69, 9.17) is 4.74 Å². The van der Waals surface area contributed by atoms with Crippen LogP contribution < -0.4 is 20.3 Å². The van der Waals surface area contributed by atoms with E-state index < -0.39 is 29.7 Å². The molecule has 328 valence electrons. The predicted octanol–water partition coefficient (Wildman–Crippen LogP) is 5.52. The van der Waals surface area contributed by atoms with Crippen molar-refractivity contribution in [1.82, 2.24) is 25.0 Å². The molecule has 0 spiro atoms. The summed E-state index contributed by atoms with van der Waals surface area (Å²) in [5, 5.41) is 6.21. The van der Waals surface area contributed by atoms with Crippen molar-refractivity contribution < 1.29 is 37.9 Å². The number of nitrogens with one attached hydrogen (secondary N) is 2. The second-order valence-corrected chi connectivity index (χ2v) is 17.6. The van der Waals surface area contributed by atoms with Crippen LogP contribution in [0.4, 0.5) is 15.8 Å². The average molecular weight is 858 g/mol. The van der Waals surface area contributed by atoms with Gasteiger partial charge in [0.25, 0.3) is 11.8 Å². The van der Waals surface area contributed by atoms with Gasteiger partial charge in [0.15, 0.2) is 0 Å². The summed E-state index contributed by atoms with van der Waals surface area (Å²) in [5.74, 6) is -1.24. The first-order valence-electron chi connectivity index (χ1n) is 22.2. The van der Waals surface area contributed by atoms with E-state index >= 15 is 0 Å². The van der Waals surface area contributed by atoms with Crippen LogP contribution in [0.2, 0.25) is 0 Å². The minimum Gasteiger partial charge on any atom is -0.490 e. The standard InChI is InChI=1S/C48H52FN7O7/c1-29(30-5-7-31(8-6-30)37-15-18-50-41-12-9-32(49)25-39(37)41)45(59)51-33-3-2-4-36(26-33)63-35-16-19-55(20-17-35)44(58)28-53-21-23-54(24-22-53)34-10-11-38-40(27-34)48(62)56(47(38)61)42-13-14-43(57)52-46(42)60/h2-4,9-12,15,18,25-27,29-31,35,42H,5-8,13-14,16-17,19-24,28H2,1H3,(H,51,59)(H,52,57,60)/t29-,30-,31+,42?/m1/s1. The number of carbonyl (C=O) groups is 6. The highest BCUT2D eigenvalue weighted by Gasteiger charge is 2.45. The molecule has 2 atom stereocenters. The molecule has 0 radical (unpaired) electrons. The van der Waals surface area contributed by atoms with Crippen LogP contribution in [0.15, 0.2) is 72.9 Å². The van der Waals surface area contributed by atoms with Crippen LogP contribution >= 0.6 is 0 Å². The number of anilines is 2. The third-order valence-corrected chi connectivity index (χ3v) is 13.8. The number of benzene rings is 3. The Hall–Kier alpha value is -6.22. The topological polar surface area (TPSA) is 162 Å². The van der Waals surface area contributed by atoms with Crippen LogP contribution in [0.25, 0.3) is 10.9 Å². The number of imide groups is 2.